The highest BCUT2D eigenvalue weighted by Gasteiger charge is 2.14. The molecule has 3 rings (SSSR count). The van der Waals surface area contributed by atoms with E-state index in [2.05, 4.69) is 42.4 Å². The minimum Gasteiger partial charge on any atom is -0.506 e. The van der Waals surface area contributed by atoms with Crippen molar-refractivity contribution < 1.29 is 14.6 Å². The number of ether oxygens (including phenoxy) is 1. The highest BCUT2D eigenvalue weighted by atomic mass is 79.9. The predicted molar refractivity (Wildman–Crippen MR) is 116 cm³/mol. The van der Waals surface area contributed by atoms with Crippen LogP contribution in [0, 0.1) is 0 Å². The third-order valence-electron chi connectivity index (χ3n) is 3.80. The topological polar surface area (TPSA) is 70.9 Å². The summed E-state index contributed by atoms with van der Waals surface area (Å²) < 4.78 is 6.93. The highest BCUT2D eigenvalue weighted by Crippen LogP contribution is 2.31. The molecule has 0 aromatic heterocycles. The SMILES string of the molecule is O=C(NN=Cc1ccccc1OCc1ccccc1)c1cc(Br)cc(Br)c1O. The van der Waals surface area contributed by atoms with Crippen LogP contribution in [0.5, 0.6) is 11.5 Å². The first-order valence-corrected chi connectivity index (χ1v) is 9.90. The van der Waals surface area contributed by atoms with Crippen LogP contribution in [0.25, 0.3) is 0 Å². The zero-order chi connectivity index (χ0) is 19.9. The zero-order valence-electron chi connectivity index (χ0n) is 14.6. The lowest BCUT2D eigenvalue weighted by molar-refractivity contribution is 0.0952. The van der Waals surface area contributed by atoms with Crippen molar-refractivity contribution in [3.63, 3.8) is 0 Å². The van der Waals surface area contributed by atoms with Crippen molar-refractivity contribution in [2.45, 2.75) is 6.61 Å². The third kappa shape index (κ3) is 5.21. The Hall–Kier alpha value is -2.64. The first-order chi connectivity index (χ1) is 13.5. The Labute approximate surface area is 179 Å². The Morgan fingerprint density at radius 2 is 1.79 bits per heavy atom. The van der Waals surface area contributed by atoms with Gasteiger partial charge in [-0.15, -0.1) is 0 Å². The molecule has 0 fully saturated rings. The van der Waals surface area contributed by atoms with E-state index in [1.807, 2.05) is 54.6 Å². The van der Waals surface area contributed by atoms with Gasteiger partial charge in [0.2, 0.25) is 0 Å². The van der Waals surface area contributed by atoms with Gasteiger partial charge in [-0.25, -0.2) is 5.43 Å². The molecule has 0 saturated carbocycles. The van der Waals surface area contributed by atoms with Crippen molar-refractivity contribution in [1.82, 2.24) is 5.43 Å². The lowest BCUT2D eigenvalue weighted by atomic mass is 10.2. The lowest BCUT2D eigenvalue weighted by Gasteiger charge is -2.09. The second-order valence-electron chi connectivity index (χ2n) is 5.80. The Kier molecular flexibility index (Phi) is 6.84. The fourth-order valence-corrected chi connectivity index (χ4v) is 3.64. The number of hydrogen-bond acceptors (Lipinski definition) is 4. The molecule has 0 atom stereocenters. The Morgan fingerprint density at radius 3 is 2.57 bits per heavy atom. The lowest BCUT2D eigenvalue weighted by Crippen LogP contribution is -2.18. The number of nitrogens with zero attached hydrogens (tertiary/aromatic N) is 1. The molecule has 0 saturated heterocycles. The van der Waals surface area contributed by atoms with Crippen molar-refractivity contribution in [3.05, 3.63) is 92.4 Å². The summed E-state index contributed by atoms with van der Waals surface area (Å²) in [5, 5.41) is 14.0. The summed E-state index contributed by atoms with van der Waals surface area (Å²) in [7, 11) is 0. The van der Waals surface area contributed by atoms with Gasteiger partial charge in [0, 0.05) is 10.0 Å². The smallest absolute Gasteiger partial charge is 0.275 e. The molecular formula is C21H16Br2N2O3. The molecule has 7 heteroatoms. The number of carbonyl (C=O) groups excluding carboxylic acids is 1. The molecule has 0 aliphatic carbocycles. The molecule has 28 heavy (non-hydrogen) atoms. The summed E-state index contributed by atoms with van der Waals surface area (Å²) in [6, 6.07) is 20.4. The summed E-state index contributed by atoms with van der Waals surface area (Å²) in [6.45, 7) is 0.429. The number of nitrogens with one attached hydrogen (secondary N) is 1. The number of rotatable bonds is 6. The maximum absolute atomic E-state index is 12.3. The zero-order valence-corrected chi connectivity index (χ0v) is 17.8. The highest BCUT2D eigenvalue weighted by molar-refractivity contribution is 9.11. The number of hydrazone groups is 1. The van der Waals surface area contributed by atoms with Gasteiger partial charge < -0.3 is 9.84 Å². The van der Waals surface area contributed by atoms with Gasteiger partial charge in [0.05, 0.1) is 16.3 Å². The number of hydrogen-bond donors (Lipinski definition) is 2. The van der Waals surface area contributed by atoms with Crippen LogP contribution in [0.2, 0.25) is 0 Å². The average molecular weight is 504 g/mol. The summed E-state index contributed by atoms with van der Waals surface area (Å²) in [5.41, 5.74) is 4.30. The predicted octanol–water partition coefficient (Wildman–Crippen LogP) is 5.26. The van der Waals surface area contributed by atoms with E-state index in [9.17, 15) is 9.90 Å². The van der Waals surface area contributed by atoms with Crippen LogP contribution in [0.4, 0.5) is 0 Å². The van der Waals surface area contributed by atoms with E-state index in [1.165, 1.54) is 12.3 Å². The first-order valence-electron chi connectivity index (χ1n) is 8.32. The Balaban J connectivity index is 1.68. The van der Waals surface area contributed by atoms with Gasteiger partial charge in [-0.1, -0.05) is 58.4 Å². The van der Waals surface area contributed by atoms with Gasteiger partial charge in [0.25, 0.3) is 5.91 Å². The van der Waals surface area contributed by atoms with E-state index in [0.29, 0.717) is 21.3 Å². The number of para-hydroxylation sites is 1. The third-order valence-corrected chi connectivity index (χ3v) is 4.86. The molecule has 0 unspecified atom stereocenters. The number of carbonyl (C=O) groups is 1. The van der Waals surface area contributed by atoms with Crippen molar-refractivity contribution in [2.24, 2.45) is 5.10 Å². The molecule has 5 nitrogen and oxygen atoms in total. The summed E-state index contributed by atoms with van der Waals surface area (Å²) >= 11 is 6.49. The van der Waals surface area contributed by atoms with Gasteiger partial charge in [-0.2, -0.15) is 5.10 Å². The van der Waals surface area contributed by atoms with Crippen LogP contribution in [0.1, 0.15) is 21.5 Å². The van der Waals surface area contributed by atoms with E-state index < -0.39 is 5.91 Å². The number of aromatic hydroxyl groups is 1. The maximum atomic E-state index is 12.3. The molecule has 0 radical (unpaired) electrons. The number of halogens is 2. The molecule has 3 aromatic carbocycles. The molecule has 2 N–H and O–H groups in total. The molecule has 0 bridgehead atoms. The normalized spacial score (nSPS) is 10.8. The van der Waals surface area contributed by atoms with Gasteiger partial charge in [-0.3, -0.25) is 4.79 Å². The van der Waals surface area contributed by atoms with Crippen LogP contribution in [0.3, 0.4) is 0 Å². The number of phenolic OH excluding ortho intramolecular Hbond substituents is 1. The molecule has 142 valence electrons. The maximum Gasteiger partial charge on any atom is 0.275 e. The second kappa shape index (κ2) is 9.52. The summed E-state index contributed by atoms with van der Waals surface area (Å²) in [6.07, 6.45) is 1.50. The van der Waals surface area contributed by atoms with E-state index in [-0.39, 0.29) is 11.3 Å². The fraction of sp³-hybridized carbons (Fsp3) is 0.0476. The van der Waals surface area contributed by atoms with Crippen molar-refractivity contribution in [2.75, 3.05) is 0 Å². The summed E-state index contributed by atoms with van der Waals surface area (Å²) in [4.78, 5) is 12.3. The van der Waals surface area contributed by atoms with Crippen LogP contribution in [0.15, 0.2) is 80.8 Å². The molecular weight excluding hydrogens is 488 g/mol. The van der Waals surface area contributed by atoms with Crippen molar-refractivity contribution in [3.8, 4) is 11.5 Å². The summed E-state index contributed by atoms with van der Waals surface area (Å²) in [5.74, 6) is -0.0293. The van der Waals surface area contributed by atoms with E-state index in [1.54, 1.807) is 6.07 Å². The van der Waals surface area contributed by atoms with Crippen LogP contribution in [-0.2, 0) is 6.61 Å². The second-order valence-corrected chi connectivity index (χ2v) is 7.57. The number of amides is 1. The Morgan fingerprint density at radius 1 is 1.07 bits per heavy atom. The average Bonchev–Trinajstić information content (AvgIpc) is 2.70. The Bertz CT molecular complexity index is 1010. The minimum atomic E-state index is -0.529. The van der Waals surface area contributed by atoms with E-state index in [4.69, 9.17) is 4.74 Å². The van der Waals surface area contributed by atoms with Gasteiger partial charge in [0.15, 0.2) is 0 Å². The van der Waals surface area contributed by atoms with Gasteiger partial charge >= 0.3 is 0 Å². The van der Waals surface area contributed by atoms with Crippen molar-refractivity contribution in [1.29, 1.82) is 0 Å². The number of benzene rings is 3. The molecule has 0 heterocycles. The van der Waals surface area contributed by atoms with Crippen LogP contribution < -0.4 is 10.2 Å². The number of phenols is 1. The fourth-order valence-electron chi connectivity index (χ4n) is 2.41. The van der Waals surface area contributed by atoms with E-state index >= 15 is 0 Å². The quantitative estimate of drug-likeness (QED) is 0.356. The first kappa shape index (κ1) is 20.1. The minimum absolute atomic E-state index is 0.104. The van der Waals surface area contributed by atoms with Crippen LogP contribution >= 0.6 is 31.9 Å². The standard InChI is InChI=1S/C21H16Br2N2O3/c22-16-10-17(20(26)18(23)11-16)21(27)25-24-12-15-8-4-5-9-19(15)28-13-14-6-2-1-3-7-14/h1-12,26H,13H2,(H,25,27). The molecule has 3 aromatic rings. The monoisotopic (exact) mass is 502 g/mol. The molecule has 1 amide bonds. The molecule has 0 aliphatic heterocycles. The van der Waals surface area contributed by atoms with Crippen molar-refractivity contribution >= 4 is 44.0 Å². The molecule has 0 spiro atoms. The van der Waals surface area contributed by atoms with Gasteiger partial charge in [-0.05, 0) is 45.8 Å². The van der Waals surface area contributed by atoms with Crippen LogP contribution in [-0.4, -0.2) is 17.2 Å². The van der Waals surface area contributed by atoms with Gasteiger partial charge in [0.1, 0.15) is 18.1 Å². The molecule has 0 aliphatic rings. The largest absolute Gasteiger partial charge is 0.506 e. The van der Waals surface area contributed by atoms with E-state index in [0.717, 1.165) is 11.1 Å².